The van der Waals surface area contributed by atoms with Crippen LogP contribution in [0.2, 0.25) is 0 Å². The molecule has 6 heteroatoms. The molecule has 0 amide bonds. The highest BCUT2D eigenvalue weighted by molar-refractivity contribution is 5.57. The van der Waals surface area contributed by atoms with Gasteiger partial charge in [0.15, 0.2) is 0 Å². The van der Waals surface area contributed by atoms with Crippen LogP contribution in [0.4, 0.5) is 4.39 Å². The van der Waals surface area contributed by atoms with Crippen LogP contribution in [0.25, 0.3) is 11.5 Å². The van der Waals surface area contributed by atoms with Crippen molar-refractivity contribution in [1.29, 1.82) is 0 Å². The third kappa shape index (κ3) is 3.60. The van der Waals surface area contributed by atoms with Crippen molar-refractivity contribution in [1.82, 2.24) is 9.88 Å². The van der Waals surface area contributed by atoms with E-state index in [4.69, 9.17) is 9.15 Å². The normalized spacial score (nSPS) is 18.8. The Morgan fingerprint density at radius 2 is 2.29 bits per heavy atom. The highest BCUT2D eigenvalue weighted by Gasteiger charge is 2.22. The van der Waals surface area contributed by atoms with Crippen molar-refractivity contribution in [3.63, 3.8) is 0 Å². The van der Waals surface area contributed by atoms with Gasteiger partial charge in [0.2, 0.25) is 5.89 Å². The number of methoxy groups -OCH3 is 1. The fraction of sp³-hybridized carbons (Fsp3) is 0.500. The van der Waals surface area contributed by atoms with E-state index < -0.39 is 0 Å². The summed E-state index contributed by atoms with van der Waals surface area (Å²) >= 11 is 0. The average Bonchev–Trinajstić information content (AvgIpc) is 2.96. The first-order valence-corrected chi connectivity index (χ1v) is 8.24. The van der Waals surface area contributed by atoms with E-state index in [-0.39, 0.29) is 18.3 Å². The van der Waals surface area contributed by atoms with Crippen LogP contribution < -0.4 is 4.74 Å². The first-order valence-electron chi connectivity index (χ1n) is 8.24. The van der Waals surface area contributed by atoms with Gasteiger partial charge in [-0.05, 0) is 50.4 Å². The van der Waals surface area contributed by atoms with Gasteiger partial charge in [-0.25, -0.2) is 9.37 Å². The summed E-state index contributed by atoms with van der Waals surface area (Å²) in [7, 11) is 1.54. The third-order valence-corrected chi connectivity index (χ3v) is 4.53. The molecule has 1 unspecified atom stereocenters. The number of rotatable bonds is 5. The summed E-state index contributed by atoms with van der Waals surface area (Å²) < 4.78 is 24.9. The number of aliphatic hydroxyl groups is 1. The molecular weight excluding hydrogens is 311 g/mol. The standard InChI is InChI=1S/C18H23FN2O3/c1-12-17(10-21-7-3-4-13(9-21)11-22)20-18(24-12)15-8-14(23-2)5-6-16(15)19/h5-6,8,13,22H,3-4,7,9-11H2,1-2H3. The van der Waals surface area contributed by atoms with Crippen molar-refractivity contribution in [3.05, 3.63) is 35.5 Å². The molecule has 0 saturated carbocycles. The lowest BCUT2D eigenvalue weighted by Crippen LogP contribution is -2.36. The Kier molecular flexibility index (Phi) is 5.16. The second kappa shape index (κ2) is 7.32. The minimum Gasteiger partial charge on any atom is -0.497 e. The number of nitrogens with zero attached hydrogens (tertiary/aromatic N) is 2. The van der Waals surface area contributed by atoms with Gasteiger partial charge in [0.05, 0.1) is 18.4 Å². The lowest BCUT2D eigenvalue weighted by molar-refractivity contribution is 0.115. The van der Waals surface area contributed by atoms with Gasteiger partial charge >= 0.3 is 0 Å². The van der Waals surface area contributed by atoms with Gasteiger partial charge in [0.25, 0.3) is 0 Å². The summed E-state index contributed by atoms with van der Waals surface area (Å²) in [5.41, 5.74) is 1.11. The molecule has 1 saturated heterocycles. The van der Waals surface area contributed by atoms with E-state index in [2.05, 4.69) is 9.88 Å². The lowest BCUT2D eigenvalue weighted by Gasteiger charge is -2.31. The van der Waals surface area contributed by atoms with Crippen LogP contribution in [0.3, 0.4) is 0 Å². The molecule has 2 aromatic rings. The van der Waals surface area contributed by atoms with Gasteiger partial charge in [-0.15, -0.1) is 0 Å². The molecule has 1 fully saturated rings. The summed E-state index contributed by atoms with van der Waals surface area (Å²) in [5, 5.41) is 9.35. The Morgan fingerprint density at radius 1 is 1.46 bits per heavy atom. The van der Waals surface area contributed by atoms with Gasteiger partial charge in [0, 0.05) is 19.7 Å². The molecule has 130 valence electrons. The van der Waals surface area contributed by atoms with Crippen LogP contribution in [0.1, 0.15) is 24.3 Å². The van der Waals surface area contributed by atoms with E-state index in [1.165, 1.54) is 13.2 Å². The van der Waals surface area contributed by atoms with Crippen LogP contribution in [-0.4, -0.2) is 41.8 Å². The average molecular weight is 334 g/mol. The summed E-state index contributed by atoms with van der Waals surface area (Å²) in [6.07, 6.45) is 2.13. The topological polar surface area (TPSA) is 58.7 Å². The maximum Gasteiger partial charge on any atom is 0.229 e. The number of hydrogen-bond acceptors (Lipinski definition) is 5. The maximum absolute atomic E-state index is 14.1. The van der Waals surface area contributed by atoms with Crippen molar-refractivity contribution in [2.75, 3.05) is 26.8 Å². The Labute approximate surface area is 141 Å². The van der Waals surface area contributed by atoms with Crippen molar-refractivity contribution in [2.24, 2.45) is 5.92 Å². The molecule has 0 bridgehead atoms. The SMILES string of the molecule is COc1ccc(F)c(-c2nc(CN3CCCC(CO)C3)c(C)o2)c1. The molecule has 5 nitrogen and oxygen atoms in total. The van der Waals surface area contributed by atoms with E-state index in [1.54, 1.807) is 12.1 Å². The predicted octanol–water partition coefficient (Wildman–Crippen LogP) is 3.00. The van der Waals surface area contributed by atoms with E-state index in [0.717, 1.165) is 31.6 Å². The Balaban J connectivity index is 1.80. The molecule has 2 heterocycles. The zero-order valence-corrected chi connectivity index (χ0v) is 14.1. The molecule has 1 aliphatic rings. The lowest BCUT2D eigenvalue weighted by atomic mass is 9.99. The minimum absolute atomic E-state index is 0.217. The smallest absolute Gasteiger partial charge is 0.229 e. The number of hydrogen-bond donors (Lipinski definition) is 1. The molecule has 1 N–H and O–H groups in total. The van der Waals surface area contributed by atoms with E-state index in [1.807, 2.05) is 6.92 Å². The fourth-order valence-electron chi connectivity index (χ4n) is 3.14. The van der Waals surface area contributed by atoms with Crippen molar-refractivity contribution < 1.29 is 18.7 Å². The summed E-state index contributed by atoms with van der Waals surface area (Å²) in [6, 6.07) is 4.51. The number of oxazole rings is 1. The summed E-state index contributed by atoms with van der Waals surface area (Å²) in [4.78, 5) is 6.76. The van der Waals surface area contributed by atoms with Crippen LogP contribution in [0.15, 0.2) is 22.6 Å². The molecule has 0 radical (unpaired) electrons. The van der Waals surface area contributed by atoms with Gasteiger partial charge in [-0.2, -0.15) is 0 Å². The van der Waals surface area contributed by atoms with Crippen LogP contribution >= 0.6 is 0 Å². The van der Waals surface area contributed by atoms with E-state index >= 15 is 0 Å². The van der Waals surface area contributed by atoms with Gasteiger partial charge < -0.3 is 14.3 Å². The third-order valence-electron chi connectivity index (χ3n) is 4.53. The Bertz CT molecular complexity index is 702. The van der Waals surface area contributed by atoms with Crippen LogP contribution in [0, 0.1) is 18.7 Å². The second-order valence-corrected chi connectivity index (χ2v) is 6.29. The highest BCUT2D eigenvalue weighted by Crippen LogP contribution is 2.29. The highest BCUT2D eigenvalue weighted by atomic mass is 19.1. The number of piperidine rings is 1. The molecule has 1 aliphatic heterocycles. The molecule has 0 spiro atoms. The summed E-state index contributed by atoms with van der Waals surface area (Å²) in [5.74, 6) is 1.46. The largest absolute Gasteiger partial charge is 0.497 e. The number of halogens is 1. The first kappa shape index (κ1) is 16.9. The van der Waals surface area contributed by atoms with Crippen molar-refractivity contribution in [2.45, 2.75) is 26.3 Å². The number of benzene rings is 1. The number of aromatic nitrogens is 1. The van der Waals surface area contributed by atoms with Gasteiger partial charge in [-0.3, -0.25) is 4.90 Å². The van der Waals surface area contributed by atoms with E-state index in [0.29, 0.717) is 29.5 Å². The number of aliphatic hydroxyl groups excluding tert-OH is 1. The monoisotopic (exact) mass is 334 g/mol. The number of aryl methyl sites for hydroxylation is 1. The quantitative estimate of drug-likeness (QED) is 0.911. The van der Waals surface area contributed by atoms with Crippen molar-refractivity contribution in [3.8, 4) is 17.2 Å². The van der Waals surface area contributed by atoms with E-state index in [9.17, 15) is 9.50 Å². The second-order valence-electron chi connectivity index (χ2n) is 6.29. The Morgan fingerprint density at radius 3 is 3.04 bits per heavy atom. The molecular formula is C18H23FN2O3. The molecule has 24 heavy (non-hydrogen) atoms. The fourth-order valence-corrected chi connectivity index (χ4v) is 3.14. The van der Waals surface area contributed by atoms with Crippen LogP contribution in [0.5, 0.6) is 5.75 Å². The zero-order chi connectivity index (χ0) is 17.1. The van der Waals surface area contributed by atoms with Crippen molar-refractivity contribution >= 4 is 0 Å². The van der Waals surface area contributed by atoms with Gasteiger partial charge in [0.1, 0.15) is 17.3 Å². The number of likely N-dealkylation sites (tertiary alicyclic amines) is 1. The minimum atomic E-state index is -0.387. The van der Waals surface area contributed by atoms with Crippen LogP contribution in [-0.2, 0) is 6.54 Å². The maximum atomic E-state index is 14.1. The Hall–Kier alpha value is -1.92. The van der Waals surface area contributed by atoms with Gasteiger partial charge in [-0.1, -0.05) is 0 Å². The predicted molar refractivity (Wildman–Crippen MR) is 88.3 cm³/mol. The zero-order valence-electron chi connectivity index (χ0n) is 14.1. The molecule has 3 rings (SSSR count). The molecule has 1 atom stereocenters. The molecule has 0 aliphatic carbocycles. The number of ether oxygens (including phenoxy) is 1. The molecule has 1 aromatic heterocycles. The summed E-state index contributed by atoms with van der Waals surface area (Å²) in [6.45, 7) is 4.54. The molecule has 1 aromatic carbocycles. The first-order chi connectivity index (χ1) is 11.6.